The highest BCUT2D eigenvalue weighted by Gasteiger charge is 2.10. The van der Waals surface area contributed by atoms with Crippen molar-refractivity contribution in [2.45, 2.75) is 20.0 Å². The minimum absolute atomic E-state index is 0.0440. The summed E-state index contributed by atoms with van der Waals surface area (Å²) in [4.78, 5) is 11.9. The van der Waals surface area contributed by atoms with Gasteiger partial charge in [0, 0.05) is 12.2 Å². The zero-order valence-electron chi connectivity index (χ0n) is 12.6. The molecule has 0 spiro atoms. The number of aryl methyl sites for hydroxylation is 1. The monoisotopic (exact) mass is 302 g/mol. The molecule has 0 aliphatic carbocycles. The highest BCUT2D eigenvalue weighted by molar-refractivity contribution is 5.90. The Morgan fingerprint density at radius 3 is 2.55 bits per heavy atom. The lowest BCUT2D eigenvalue weighted by atomic mass is 10.1. The molecule has 4 nitrogen and oxygen atoms in total. The first-order valence-electron chi connectivity index (χ1n) is 7.02. The van der Waals surface area contributed by atoms with Crippen LogP contribution in [0, 0.1) is 19.7 Å². The van der Waals surface area contributed by atoms with Gasteiger partial charge in [-0.2, -0.15) is 0 Å². The van der Waals surface area contributed by atoms with Crippen LogP contribution in [-0.2, 0) is 0 Å². The molecule has 3 N–H and O–H groups in total. The molecule has 5 heteroatoms. The largest absolute Gasteiger partial charge is 0.387 e. The van der Waals surface area contributed by atoms with Crippen LogP contribution in [-0.4, -0.2) is 17.7 Å². The first kappa shape index (κ1) is 16.0. The molecule has 0 saturated heterocycles. The number of anilines is 1. The maximum atomic E-state index is 12.8. The van der Waals surface area contributed by atoms with Crippen LogP contribution >= 0.6 is 0 Å². The van der Waals surface area contributed by atoms with Crippen molar-refractivity contribution in [2.75, 3.05) is 11.9 Å². The van der Waals surface area contributed by atoms with Gasteiger partial charge in [-0.05, 0) is 48.7 Å². The van der Waals surface area contributed by atoms with Gasteiger partial charge >= 0.3 is 6.03 Å². The Balaban J connectivity index is 1.90. The number of halogens is 1. The Labute approximate surface area is 129 Å². The SMILES string of the molecule is Cc1cccc(NC(=O)NCC(O)c2ccc(F)cc2)c1C. The topological polar surface area (TPSA) is 61.4 Å². The van der Waals surface area contributed by atoms with Crippen molar-refractivity contribution in [2.24, 2.45) is 0 Å². The van der Waals surface area contributed by atoms with Crippen molar-refractivity contribution in [3.05, 3.63) is 65.0 Å². The maximum Gasteiger partial charge on any atom is 0.319 e. The van der Waals surface area contributed by atoms with E-state index in [-0.39, 0.29) is 12.4 Å². The Hall–Kier alpha value is -2.40. The predicted octanol–water partition coefficient (Wildman–Crippen LogP) is 3.30. The number of benzene rings is 2. The number of carbonyl (C=O) groups is 1. The van der Waals surface area contributed by atoms with Gasteiger partial charge in [0.15, 0.2) is 0 Å². The normalized spacial score (nSPS) is 11.8. The highest BCUT2D eigenvalue weighted by atomic mass is 19.1. The van der Waals surface area contributed by atoms with Gasteiger partial charge in [0.25, 0.3) is 0 Å². The molecule has 0 aromatic heterocycles. The minimum Gasteiger partial charge on any atom is -0.387 e. The number of aliphatic hydroxyl groups is 1. The first-order chi connectivity index (χ1) is 10.5. The van der Waals surface area contributed by atoms with Gasteiger partial charge in [0.05, 0.1) is 6.10 Å². The average Bonchev–Trinajstić information content (AvgIpc) is 2.50. The van der Waals surface area contributed by atoms with Crippen molar-refractivity contribution in [3.8, 4) is 0 Å². The second-order valence-corrected chi connectivity index (χ2v) is 5.15. The van der Waals surface area contributed by atoms with E-state index in [1.807, 2.05) is 32.0 Å². The third-order valence-corrected chi connectivity index (χ3v) is 3.56. The summed E-state index contributed by atoms with van der Waals surface area (Å²) >= 11 is 0. The molecular weight excluding hydrogens is 283 g/mol. The van der Waals surface area contributed by atoms with E-state index in [4.69, 9.17) is 0 Å². The Morgan fingerprint density at radius 1 is 1.18 bits per heavy atom. The molecule has 0 heterocycles. The van der Waals surface area contributed by atoms with Crippen molar-refractivity contribution in [1.82, 2.24) is 5.32 Å². The van der Waals surface area contributed by atoms with Crippen LogP contribution in [0.1, 0.15) is 22.8 Å². The van der Waals surface area contributed by atoms with Gasteiger partial charge < -0.3 is 15.7 Å². The Morgan fingerprint density at radius 2 is 1.86 bits per heavy atom. The van der Waals surface area contributed by atoms with Crippen molar-refractivity contribution in [1.29, 1.82) is 0 Å². The zero-order chi connectivity index (χ0) is 16.1. The van der Waals surface area contributed by atoms with E-state index in [1.165, 1.54) is 24.3 Å². The Kier molecular flexibility index (Phi) is 5.12. The molecular formula is C17H19FN2O2. The van der Waals surface area contributed by atoms with Gasteiger partial charge in [-0.1, -0.05) is 24.3 Å². The van der Waals surface area contributed by atoms with Crippen LogP contribution in [0.4, 0.5) is 14.9 Å². The summed E-state index contributed by atoms with van der Waals surface area (Å²) in [7, 11) is 0. The molecule has 116 valence electrons. The lowest BCUT2D eigenvalue weighted by molar-refractivity contribution is 0.175. The maximum absolute atomic E-state index is 12.8. The molecule has 2 rings (SSSR count). The highest BCUT2D eigenvalue weighted by Crippen LogP contribution is 2.18. The van der Waals surface area contributed by atoms with Gasteiger partial charge in [-0.3, -0.25) is 0 Å². The van der Waals surface area contributed by atoms with Gasteiger partial charge in [0.1, 0.15) is 5.82 Å². The lowest BCUT2D eigenvalue weighted by Crippen LogP contribution is -2.32. The number of hydrogen-bond acceptors (Lipinski definition) is 2. The number of amides is 2. The van der Waals surface area contributed by atoms with Gasteiger partial charge in [-0.25, -0.2) is 9.18 Å². The number of carbonyl (C=O) groups excluding carboxylic acids is 1. The molecule has 22 heavy (non-hydrogen) atoms. The van der Waals surface area contributed by atoms with Crippen molar-refractivity contribution < 1.29 is 14.3 Å². The lowest BCUT2D eigenvalue weighted by Gasteiger charge is -2.14. The molecule has 1 atom stereocenters. The summed E-state index contributed by atoms with van der Waals surface area (Å²) in [5, 5.41) is 15.3. The fraction of sp³-hybridized carbons (Fsp3) is 0.235. The fourth-order valence-corrected chi connectivity index (χ4v) is 2.05. The predicted molar refractivity (Wildman–Crippen MR) is 84.3 cm³/mol. The summed E-state index contributed by atoms with van der Waals surface area (Å²) in [5.41, 5.74) is 3.36. The number of hydrogen-bond donors (Lipinski definition) is 3. The number of rotatable bonds is 4. The molecule has 2 aromatic rings. The van der Waals surface area contributed by atoms with Gasteiger partial charge in [0.2, 0.25) is 0 Å². The van der Waals surface area contributed by atoms with Crippen LogP contribution < -0.4 is 10.6 Å². The average molecular weight is 302 g/mol. The molecule has 0 radical (unpaired) electrons. The van der Waals surface area contributed by atoms with E-state index in [2.05, 4.69) is 10.6 Å². The quantitative estimate of drug-likeness (QED) is 0.811. The molecule has 0 saturated carbocycles. The summed E-state index contributed by atoms with van der Waals surface area (Å²) in [6.45, 7) is 3.94. The van der Waals surface area contributed by atoms with E-state index in [9.17, 15) is 14.3 Å². The second-order valence-electron chi connectivity index (χ2n) is 5.15. The molecule has 1 unspecified atom stereocenters. The van der Waals surface area contributed by atoms with E-state index >= 15 is 0 Å². The van der Waals surface area contributed by atoms with Crippen LogP contribution in [0.5, 0.6) is 0 Å². The summed E-state index contributed by atoms with van der Waals surface area (Å²) in [6, 6.07) is 10.8. The third kappa shape index (κ3) is 4.05. The van der Waals surface area contributed by atoms with Crippen LogP contribution in [0.3, 0.4) is 0 Å². The van der Waals surface area contributed by atoms with Crippen LogP contribution in [0.2, 0.25) is 0 Å². The molecule has 0 bridgehead atoms. The van der Waals surface area contributed by atoms with Crippen LogP contribution in [0.25, 0.3) is 0 Å². The zero-order valence-corrected chi connectivity index (χ0v) is 12.6. The van der Waals surface area contributed by atoms with Crippen molar-refractivity contribution in [3.63, 3.8) is 0 Å². The number of nitrogens with one attached hydrogen (secondary N) is 2. The van der Waals surface area contributed by atoms with E-state index < -0.39 is 12.1 Å². The summed E-state index contributed by atoms with van der Waals surface area (Å²) < 4.78 is 12.8. The van der Waals surface area contributed by atoms with E-state index in [0.717, 1.165) is 16.8 Å². The molecule has 2 amide bonds. The number of urea groups is 1. The minimum atomic E-state index is -0.884. The standard InChI is InChI=1S/C17H19FN2O2/c1-11-4-3-5-15(12(11)2)20-17(22)19-10-16(21)13-6-8-14(18)9-7-13/h3-9,16,21H,10H2,1-2H3,(H2,19,20,22). The fourth-order valence-electron chi connectivity index (χ4n) is 2.05. The summed E-state index contributed by atoms with van der Waals surface area (Å²) in [6.07, 6.45) is -0.884. The van der Waals surface area contributed by atoms with Gasteiger partial charge in [-0.15, -0.1) is 0 Å². The molecule has 0 aliphatic rings. The molecule has 0 aliphatic heterocycles. The van der Waals surface area contributed by atoms with E-state index in [1.54, 1.807) is 0 Å². The second kappa shape index (κ2) is 7.04. The van der Waals surface area contributed by atoms with Crippen LogP contribution in [0.15, 0.2) is 42.5 Å². The molecule has 0 fully saturated rings. The van der Waals surface area contributed by atoms with Crippen molar-refractivity contribution >= 4 is 11.7 Å². The Bertz CT molecular complexity index is 656. The van der Waals surface area contributed by atoms with E-state index in [0.29, 0.717) is 5.56 Å². The first-order valence-corrected chi connectivity index (χ1v) is 7.02. The smallest absolute Gasteiger partial charge is 0.319 e. The molecule has 2 aromatic carbocycles. The summed E-state index contributed by atoms with van der Waals surface area (Å²) in [5.74, 6) is -0.364. The number of aliphatic hydroxyl groups excluding tert-OH is 1. The third-order valence-electron chi connectivity index (χ3n) is 3.56.